The maximum Gasteiger partial charge on any atom is 0.478 e. The van der Waals surface area contributed by atoms with E-state index in [2.05, 4.69) is 10.5 Å². The van der Waals surface area contributed by atoms with E-state index >= 15 is 0 Å². The van der Waals surface area contributed by atoms with Crippen LogP contribution in [0.5, 0.6) is 0 Å². The maximum atomic E-state index is 12.5. The van der Waals surface area contributed by atoms with Crippen LogP contribution in [0.4, 0.5) is 0 Å². The van der Waals surface area contributed by atoms with E-state index in [-0.39, 0.29) is 25.3 Å². The molecule has 1 aliphatic rings. The van der Waals surface area contributed by atoms with Crippen LogP contribution in [0.15, 0.2) is 22.7 Å². The molecule has 136 valence electrons. The van der Waals surface area contributed by atoms with Crippen LogP contribution >= 0.6 is 11.3 Å². The van der Waals surface area contributed by atoms with Crippen molar-refractivity contribution < 1.29 is 34.3 Å². The average molecular weight is 370 g/mol. The highest BCUT2D eigenvalue weighted by atomic mass is 32.1. The Kier molecular flexibility index (Phi) is 7.38. The minimum absolute atomic E-state index is 0.0308. The second kappa shape index (κ2) is 9.52. The lowest BCUT2D eigenvalue weighted by atomic mass is 9.72. The van der Waals surface area contributed by atoms with Crippen molar-refractivity contribution in [3.8, 4) is 0 Å². The first-order valence-electron chi connectivity index (χ1n) is 7.72. The highest BCUT2D eigenvalue weighted by Crippen LogP contribution is 2.19. The minimum atomic E-state index is -1.30. The normalized spacial score (nSPS) is 21.0. The van der Waals surface area contributed by atoms with Crippen molar-refractivity contribution in [3.63, 3.8) is 0 Å². The van der Waals surface area contributed by atoms with Gasteiger partial charge in [0.1, 0.15) is 6.61 Å². The van der Waals surface area contributed by atoms with Crippen molar-refractivity contribution in [2.75, 3.05) is 13.2 Å². The van der Waals surface area contributed by atoms with E-state index in [0.717, 1.165) is 0 Å². The summed E-state index contributed by atoms with van der Waals surface area (Å²) < 4.78 is 5.24. The molecule has 0 spiro atoms. The Morgan fingerprint density at radius 1 is 1.48 bits per heavy atom. The van der Waals surface area contributed by atoms with Crippen molar-refractivity contribution in [1.29, 1.82) is 0 Å². The monoisotopic (exact) mass is 370 g/mol. The molecule has 0 bridgehead atoms. The summed E-state index contributed by atoms with van der Waals surface area (Å²) in [7, 11) is -1.30. The lowest BCUT2D eigenvalue weighted by Crippen LogP contribution is -2.54. The van der Waals surface area contributed by atoms with Crippen LogP contribution in [-0.4, -0.2) is 65.2 Å². The molecule has 11 heteroatoms. The quantitative estimate of drug-likeness (QED) is 0.212. The Morgan fingerprint density at radius 3 is 2.88 bits per heavy atom. The Labute approximate surface area is 148 Å². The number of carboxylic acid groups (broad SMARTS) is 1. The molecule has 1 aromatic rings. The second-order valence-electron chi connectivity index (χ2n) is 5.38. The van der Waals surface area contributed by atoms with Gasteiger partial charge in [-0.3, -0.25) is 9.59 Å². The molecular weight excluding hydrogens is 351 g/mol. The molecular formula is C14H19BN2O7S. The SMILES string of the molecule is O=C(O)C[C@@H]1CC[C@H](NC(=O)C(=NOCCO)c2cccs2)B(O)O1. The van der Waals surface area contributed by atoms with E-state index in [1.54, 1.807) is 17.5 Å². The summed E-state index contributed by atoms with van der Waals surface area (Å²) in [4.78, 5) is 28.6. The number of thiophene rings is 1. The summed E-state index contributed by atoms with van der Waals surface area (Å²) in [5.74, 6) is -2.24. The van der Waals surface area contributed by atoms with Gasteiger partial charge in [-0.2, -0.15) is 0 Å². The summed E-state index contributed by atoms with van der Waals surface area (Å²) in [6.45, 7) is -0.281. The molecule has 1 fully saturated rings. The third-order valence-corrected chi connectivity index (χ3v) is 4.38. The lowest BCUT2D eigenvalue weighted by molar-refractivity contribution is -0.139. The summed E-state index contributed by atoms with van der Waals surface area (Å²) >= 11 is 1.29. The van der Waals surface area contributed by atoms with Gasteiger partial charge in [0.15, 0.2) is 5.71 Å². The van der Waals surface area contributed by atoms with E-state index in [4.69, 9.17) is 19.7 Å². The molecule has 0 unspecified atom stereocenters. The van der Waals surface area contributed by atoms with Crippen LogP contribution in [0.2, 0.25) is 0 Å². The first-order chi connectivity index (χ1) is 12.0. The van der Waals surface area contributed by atoms with Crippen LogP contribution in [0.3, 0.4) is 0 Å². The number of rotatable bonds is 8. The first-order valence-corrected chi connectivity index (χ1v) is 8.60. The summed E-state index contributed by atoms with van der Waals surface area (Å²) in [5, 5.41) is 35.7. The molecule has 2 heterocycles. The fraction of sp³-hybridized carbons (Fsp3) is 0.500. The standard InChI is InChI=1S/C14H19BN2O7S/c18-5-6-23-17-13(10-2-1-7-25-10)14(21)16-11-4-3-9(8-12(19)20)24-15(11)22/h1-2,7,9,11,18,22H,3-6,8H2,(H,16,21)(H,19,20)/t9-,11-/m0/s1. The number of carboxylic acids is 1. The van der Waals surface area contributed by atoms with Gasteiger partial charge in [0.25, 0.3) is 5.91 Å². The Hall–Kier alpha value is -1.95. The van der Waals surface area contributed by atoms with Crippen LogP contribution in [0, 0.1) is 0 Å². The van der Waals surface area contributed by atoms with Gasteiger partial charge in [0, 0.05) is 0 Å². The van der Waals surface area contributed by atoms with Crippen molar-refractivity contribution in [1.82, 2.24) is 5.32 Å². The first kappa shape index (κ1) is 19.4. The molecule has 0 aromatic carbocycles. The zero-order chi connectivity index (χ0) is 18.2. The Bertz CT molecular complexity index is 610. The third-order valence-electron chi connectivity index (χ3n) is 3.50. The third kappa shape index (κ3) is 5.82. The minimum Gasteiger partial charge on any atom is -0.481 e. The number of aliphatic hydroxyl groups excluding tert-OH is 1. The van der Waals surface area contributed by atoms with E-state index < -0.39 is 31.0 Å². The number of aliphatic hydroxyl groups is 1. The molecule has 0 aliphatic carbocycles. The van der Waals surface area contributed by atoms with Crippen LogP contribution in [-0.2, 0) is 19.1 Å². The molecule has 1 aliphatic heterocycles. The zero-order valence-corrected chi connectivity index (χ0v) is 14.1. The Morgan fingerprint density at radius 2 is 2.28 bits per heavy atom. The van der Waals surface area contributed by atoms with Crippen LogP contribution in [0.25, 0.3) is 0 Å². The number of carbonyl (C=O) groups excluding carboxylic acids is 1. The largest absolute Gasteiger partial charge is 0.481 e. The number of hydrogen-bond donors (Lipinski definition) is 4. The van der Waals surface area contributed by atoms with E-state index in [1.807, 2.05) is 0 Å². The number of amides is 1. The molecule has 0 radical (unpaired) electrons. The van der Waals surface area contributed by atoms with E-state index in [1.165, 1.54) is 11.3 Å². The summed E-state index contributed by atoms with van der Waals surface area (Å²) in [6.07, 6.45) is -0.00542. The van der Waals surface area contributed by atoms with Crippen molar-refractivity contribution in [3.05, 3.63) is 22.4 Å². The van der Waals surface area contributed by atoms with Gasteiger partial charge in [-0.05, 0) is 24.3 Å². The van der Waals surface area contributed by atoms with Gasteiger partial charge < -0.3 is 30.0 Å². The molecule has 25 heavy (non-hydrogen) atoms. The topological polar surface area (TPSA) is 138 Å². The molecule has 2 atom stereocenters. The molecule has 4 N–H and O–H groups in total. The number of nitrogens with one attached hydrogen (secondary N) is 1. The predicted octanol–water partition coefficient (Wildman–Crippen LogP) is -0.381. The van der Waals surface area contributed by atoms with Gasteiger partial charge in [0.2, 0.25) is 0 Å². The molecule has 2 rings (SSSR count). The van der Waals surface area contributed by atoms with Crippen LogP contribution in [0.1, 0.15) is 24.1 Å². The highest BCUT2D eigenvalue weighted by molar-refractivity contribution is 7.13. The van der Waals surface area contributed by atoms with Crippen LogP contribution < -0.4 is 5.32 Å². The number of aliphatic carboxylic acids is 1. The van der Waals surface area contributed by atoms with E-state index in [0.29, 0.717) is 17.7 Å². The highest BCUT2D eigenvalue weighted by Gasteiger charge is 2.37. The fourth-order valence-electron chi connectivity index (χ4n) is 2.36. The maximum absolute atomic E-state index is 12.5. The smallest absolute Gasteiger partial charge is 0.478 e. The molecule has 0 saturated carbocycles. The van der Waals surface area contributed by atoms with Gasteiger partial charge in [-0.25, -0.2) is 0 Å². The van der Waals surface area contributed by atoms with Crippen molar-refractivity contribution in [2.24, 2.45) is 5.16 Å². The van der Waals surface area contributed by atoms with Gasteiger partial charge in [-0.15, -0.1) is 11.3 Å². The molecule has 1 saturated heterocycles. The number of nitrogens with zero attached hydrogens (tertiary/aromatic N) is 1. The summed E-state index contributed by atoms with van der Waals surface area (Å²) in [6, 6.07) is 3.45. The average Bonchev–Trinajstić information content (AvgIpc) is 3.07. The second-order valence-corrected chi connectivity index (χ2v) is 6.33. The van der Waals surface area contributed by atoms with Gasteiger partial charge in [-0.1, -0.05) is 11.2 Å². The van der Waals surface area contributed by atoms with Crippen molar-refractivity contribution >= 4 is 36.0 Å². The number of carbonyl (C=O) groups is 2. The molecule has 1 amide bonds. The summed E-state index contributed by atoms with van der Waals surface area (Å²) in [5.41, 5.74) is 0.0308. The fourth-order valence-corrected chi connectivity index (χ4v) is 3.06. The van der Waals surface area contributed by atoms with Gasteiger partial charge in [0.05, 0.1) is 30.0 Å². The Balaban J connectivity index is 1.98. The van der Waals surface area contributed by atoms with Gasteiger partial charge >= 0.3 is 13.1 Å². The molecule has 1 aromatic heterocycles. The lowest BCUT2D eigenvalue weighted by Gasteiger charge is -2.30. The predicted molar refractivity (Wildman–Crippen MR) is 90.2 cm³/mol. The molecule has 9 nitrogen and oxygen atoms in total. The van der Waals surface area contributed by atoms with Crippen molar-refractivity contribution in [2.45, 2.75) is 31.3 Å². The zero-order valence-electron chi connectivity index (χ0n) is 13.3. The number of oxime groups is 1. The number of hydrogen-bond acceptors (Lipinski definition) is 8. The van der Waals surface area contributed by atoms with E-state index in [9.17, 15) is 14.6 Å².